The van der Waals surface area contributed by atoms with Gasteiger partial charge in [0.15, 0.2) is 0 Å². The highest BCUT2D eigenvalue weighted by Crippen LogP contribution is 2.15. The quantitative estimate of drug-likeness (QED) is 0.771. The van der Waals surface area contributed by atoms with Crippen LogP contribution in [-0.4, -0.2) is 30.8 Å². The molecule has 0 bridgehead atoms. The zero-order valence-electron chi connectivity index (χ0n) is 11.8. The Hall–Kier alpha value is -1.13. The number of aromatic nitrogens is 1. The summed E-state index contributed by atoms with van der Waals surface area (Å²) in [6.45, 7) is 8.60. The Morgan fingerprint density at radius 1 is 1.39 bits per heavy atom. The standard InChI is InChI=1S/C14H24N2O2/c1-5-15-11-12-6-8-16-13(10-12)18-9-7-14(2,3)17-4/h6,8,10,15H,5,7,9,11H2,1-4H3. The zero-order chi connectivity index (χ0) is 13.4. The Labute approximate surface area is 110 Å². The third kappa shape index (κ3) is 5.47. The van der Waals surface area contributed by atoms with Gasteiger partial charge in [-0.1, -0.05) is 6.92 Å². The van der Waals surface area contributed by atoms with Gasteiger partial charge in [-0.15, -0.1) is 0 Å². The number of nitrogens with one attached hydrogen (secondary N) is 1. The fourth-order valence-electron chi connectivity index (χ4n) is 1.41. The fraction of sp³-hybridized carbons (Fsp3) is 0.643. The molecule has 0 unspecified atom stereocenters. The SMILES string of the molecule is CCNCc1ccnc(OCCC(C)(C)OC)c1. The maximum absolute atomic E-state index is 5.65. The Bertz CT molecular complexity index is 353. The van der Waals surface area contributed by atoms with Crippen molar-refractivity contribution < 1.29 is 9.47 Å². The number of nitrogens with zero attached hydrogens (tertiary/aromatic N) is 1. The van der Waals surface area contributed by atoms with E-state index in [-0.39, 0.29) is 5.60 Å². The van der Waals surface area contributed by atoms with Crippen molar-refractivity contribution in [1.82, 2.24) is 10.3 Å². The van der Waals surface area contributed by atoms with E-state index in [2.05, 4.69) is 17.2 Å². The molecule has 4 heteroatoms. The molecule has 1 aromatic rings. The largest absolute Gasteiger partial charge is 0.478 e. The molecule has 1 rings (SSSR count). The van der Waals surface area contributed by atoms with Crippen molar-refractivity contribution in [3.05, 3.63) is 23.9 Å². The third-order valence-corrected chi connectivity index (χ3v) is 2.89. The van der Waals surface area contributed by atoms with Crippen molar-refractivity contribution in [3.63, 3.8) is 0 Å². The second-order valence-electron chi connectivity index (χ2n) is 4.84. The lowest BCUT2D eigenvalue weighted by molar-refractivity contribution is 0.00508. The second kappa shape index (κ2) is 7.34. The van der Waals surface area contributed by atoms with Crippen LogP contribution >= 0.6 is 0 Å². The lowest BCUT2D eigenvalue weighted by Gasteiger charge is -2.22. The maximum Gasteiger partial charge on any atom is 0.213 e. The number of methoxy groups -OCH3 is 1. The van der Waals surface area contributed by atoms with Gasteiger partial charge in [0.25, 0.3) is 0 Å². The lowest BCUT2D eigenvalue weighted by atomic mass is 10.1. The number of pyridine rings is 1. The molecular formula is C14H24N2O2. The van der Waals surface area contributed by atoms with Gasteiger partial charge in [-0.3, -0.25) is 0 Å². The summed E-state index contributed by atoms with van der Waals surface area (Å²) in [5.41, 5.74) is 1.04. The average Bonchev–Trinajstić information content (AvgIpc) is 2.37. The van der Waals surface area contributed by atoms with E-state index >= 15 is 0 Å². The van der Waals surface area contributed by atoms with Crippen molar-refractivity contribution in [3.8, 4) is 5.88 Å². The van der Waals surface area contributed by atoms with Gasteiger partial charge in [0.05, 0.1) is 12.2 Å². The molecule has 1 heterocycles. The summed E-state index contributed by atoms with van der Waals surface area (Å²) in [5.74, 6) is 0.678. The molecule has 0 atom stereocenters. The van der Waals surface area contributed by atoms with Crippen LogP contribution in [0.15, 0.2) is 18.3 Å². The zero-order valence-corrected chi connectivity index (χ0v) is 11.8. The molecule has 0 saturated carbocycles. The smallest absolute Gasteiger partial charge is 0.213 e. The van der Waals surface area contributed by atoms with Crippen molar-refractivity contribution in [2.75, 3.05) is 20.3 Å². The highest BCUT2D eigenvalue weighted by molar-refractivity contribution is 5.20. The topological polar surface area (TPSA) is 43.4 Å². The van der Waals surface area contributed by atoms with E-state index < -0.39 is 0 Å². The van der Waals surface area contributed by atoms with Crippen molar-refractivity contribution in [2.24, 2.45) is 0 Å². The maximum atomic E-state index is 5.65. The fourth-order valence-corrected chi connectivity index (χ4v) is 1.41. The molecular weight excluding hydrogens is 228 g/mol. The summed E-state index contributed by atoms with van der Waals surface area (Å²) in [6.07, 6.45) is 2.62. The molecule has 0 amide bonds. The molecule has 4 nitrogen and oxygen atoms in total. The van der Waals surface area contributed by atoms with E-state index in [1.54, 1.807) is 13.3 Å². The van der Waals surface area contributed by atoms with Crippen LogP contribution in [0.3, 0.4) is 0 Å². The van der Waals surface area contributed by atoms with Crippen molar-refractivity contribution in [2.45, 2.75) is 39.3 Å². The van der Waals surface area contributed by atoms with Crippen LogP contribution in [0.1, 0.15) is 32.8 Å². The monoisotopic (exact) mass is 252 g/mol. The first-order valence-corrected chi connectivity index (χ1v) is 6.41. The molecule has 1 aromatic heterocycles. The van der Waals surface area contributed by atoms with E-state index in [1.165, 1.54) is 5.56 Å². The second-order valence-corrected chi connectivity index (χ2v) is 4.84. The molecule has 102 valence electrons. The van der Waals surface area contributed by atoms with E-state index in [4.69, 9.17) is 9.47 Å². The highest BCUT2D eigenvalue weighted by Gasteiger charge is 2.16. The van der Waals surface area contributed by atoms with E-state index in [1.807, 2.05) is 26.0 Å². The summed E-state index contributed by atoms with van der Waals surface area (Å²) in [6, 6.07) is 3.97. The molecule has 18 heavy (non-hydrogen) atoms. The minimum absolute atomic E-state index is 0.151. The van der Waals surface area contributed by atoms with Crippen LogP contribution in [-0.2, 0) is 11.3 Å². The van der Waals surface area contributed by atoms with Gasteiger partial charge < -0.3 is 14.8 Å². The molecule has 0 aliphatic heterocycles. The van der Waals surface area contributed by atoms with E-state index in [0.29, 0.717) is 12.5 Å². The van der Waals surface area contributed by atoms with Crippen LogP contribution in [0.25, 0.3) is 0 Å². The van der Waals surface area contributed by atoms with Crippen LogP contribution in [0, 0.1) is 0 Å². The molecule has 0 aliphatic rings. The average molecular weight is 252 g/mol. The normalized spacial score (nSPS) is 11.6. The third-order valence-electron chi connectivity index (χ3n) is 2.89. The molecule has 1 N–H and O–H groups in total. The van der Waals surface area contributed by atoms with Gasteiger partial charge in [-0.25, -0.2) is 4.98 Å². The van der Waals surface area contributed by atoms with Gasteiger partial charge in [-0.05, 0) is 32.0 Å². The molecule has 0 spiro atoms. The summed E-state index contributed by atoms with van der Waals surface area (Å²) >= 11 is 0. The highest BCUT2D eigenvalue weighted by atomic mass is 16.5. The number of hydrogen-bond acceptors (Lipinski definition) is 4. The number of hydrogen-bond donors (Lipinski definition) is 1. The molecule has 0 saturated heterocycles. The summed E-state index contributed by atoms with van der Waals surface area (Å²) in [7, 11) is 1.72. The van der Waals surface area contributed by atoms with Crippen molar-refractivity contribution >= 4 is 0 Å². The van der Waals surface area contributed by atoms with Crippen LogP contribution in [0.5, 0.6) is 5.88 Å². The molecule has 0 aromatic carbocycles. The molecule has 0 aliphatic carbocycles. The van der Waals surface area contributed by atoms with E-state index in [0.717, 1.165) is 19.5 Å². The Balaban J connectivity index is 2.42. The number of rotatable bonds is 8. The van der Waals surface area contributed by atoms with Crippen LogP contribution in [0.2, 0.25) is 0 Å². The summed E-state index contributed by atoms with van der Waals surface area (Å²) in [4.78, 5) is 4.20. The van der Waals surface area contributed by atoms with Gasteiger partial charge in [-0.2, -0.15) is 0 Å². The van der Waals surface area contributed by atoms with Crippen LogP contribution < -0.4 is 10.1 Å². The Morgan fingerprint density at radius 3 is 2.83 bits per heavy atom. The minimum Gasteiger partial charge on any atom is -0.478 e. The predicted octanol–water partition coefficient (Wildman–Crippen LogP) is 2.39. The van der Waals surface area contributed by atoms with Gasteiger partial charge in [0.2, 0.25) is 5.88 Å². The van der Waals surface area contributed by atoms with Crippen LogP contribution in [0.4, 0.5) is 0 Å². The predicted molar refractivity (Wildman–Crippen MR) is 72.8 cm³/mol. The van der Waals surface area contributed by atoms with Gasteiger partial charge >= 0.3 is 0 Å². The number of ether oxygens (including phenoxy) is 2. The Morgan fingerprint density at radius 2 is 2.17 bits per heavy atom. The summed E-state index contributed by atoms with van der Waals surface area (Å²) < 4.78 is 11.0. The van der Waals surface area contributed by atoms with Crippen molar-refractivity contribution in [1.29, 1.82) is 0 Å². The molecule has 0 fully saturated rings. The minimum atomic E-state index is -0.151. The lowest BCUT2D eigenvalue weighted by Crippen LogP contribution is -2.25. The summed E-state index contributed by atoms with van der Waals surface area (Å²) in [5, 5.41) is 3.28. The van der Waals surface area contributed by atoms with Gasteiger partial charge in [0.1, 0.15) is 0 Å². The van der Waals surface area contributed by atoms with E-state index in [9.17, 15) is 0 Å². The first-order valence-electron chi connectivity index (χ1n) is 6.41. The molecule has 0 radical (unpaired) electrons. The first-order chi connectivity index (χ1) is 8.57. The first kappa shape index (κ1) is 14.9. The Kier molecular flexibility index (Phi) is 6.09. The van der Waals surface area contributed by atoms with Gasteiger partial charge in [0, 0.05) is 32.3 Å².